The Morgan fingerprint density at radius 3 is 2.33 bits per heavy atom. The van der Waals surface area contributed by atoms with Crippen LogP contribution in [0.4, 0.5) is 0 Å². The molecule has 0 unspecified atom stereocenters. The maximum absolute atomic E-state index is 13.5. The minimum Gasteiger partial charge on any atom is -0.270 e. The van der Waals surface area contributed by atoms with Crippen LogP contribution < -0.4 is 0 Å². The van der Waals surface area contributed by atoms with Crippen molar-refractivity contribution < 1.29 is 4.57 Å². The Hall–Kier alpha value is -2.85. The summed E-state index contributed by atoms with van der Waals surface area (Å²) in [5.74, 6) is 0. The van der Waals surface area contributed by atoms with Gasteiger partial charge in [0, 0.05) is 36.6 Å². The largest absolute Gasteiger partial charge is 0.285 e. The van der Waals surface area contributed by atoms with E-state index in [4.69, 9.17) is 4.98 Å². The first kappa shape index (κ1) is 24.8. The summed E-state index contributed by atoms with van der Waals surface area (Å²) in [6.45, 7) is 5.73. The van der Waals surface area contributed by atoms with Gasteiger partial charge < -0.3 is 0 Å². The summed E-state index contributed by atoms with van der Waals surface area (Å²) in [7, 11) is 4.74. The smallest absolute Gasteiger partial charge is 0.270 e. The van der Waals surface area contributed by atoms with E-state index in [9.17, 15) is 4.57 Å². The Morgan fingerprint density at radius 2 is 1.67 bits per heavy atom. The molecular formula is C24H35N10OP. The van der Waals surface area contributed by atoms with E-state index < -0.39 is 7.59 Å². The van der Waals surface area contributed by atoms with Gasteiger partial charge in [-0.05, 0) is 47.1 Å². The molecule has 1 fully saturated rings. The van der Waals surface area contributed by atoms with Gasteiger partial charge in [-0.15, -0.1) is 0 Å². The fourth-order valence-corrected chi connectivity index (χ4v) is 7.48. The maximum atomic E-state index is 13.5. The Balaban J connectivity index is 1.42. The zero-order valence-corrected chi connectivity index (χ0v) is 22.7. The molecule has 0 N–H and O–H groups in total. The molecule has 5 heterocycles. The summed E-state index contributed by atoms with van der Waals surface area (Å²) in [5, 5.41) is 13.7. The monoisotopic (exact) mass is 510 g/mol. The van der Waals surface area contributed by atoms with Crippen molar-refractivity contribution in [1.29, 1.82) is 0 Å². The molecule has 4 aromatic rings. The van der Waals surface area contributed by atoms with Gasteiger partial charge >= 0.3 is 0 Å². The minimum atomic E-state index is -2.72. The first-order valence-corrected chi connectivity index (χ1v) is 14.0. The van der Waals surface area contributed by atoms with Crippen LogP contribution in [0.2, 0.25) is 0 Å². The first-order chi connectivity index (χ1) is 17.3. The normalized spacial score (nSPS) is 15.6. The summed E-state index contributed by atoms with van der Waals surface area (Å²) in [4.78, 5) is 5.02. The van der Waals surface area contributed by atoms with E-state index in [1.54, 1.807) is 6.20 Å². The molecule has 0 saturated carbocycles. The zero-order valence-electron chi connectivity index (χ0n) is 21.9. The van der Waals surface area contributed by atoms with E-state index in [0.717, 1.165) is 40.9 Å². The van der Waals surface area contributed by atoms with Crippen molar-refractivity contribution in [2.45, 2.75) is 38.8 Å². The Bertz CT molecular complexity index is 1380. The third-order valence-corrected chi connectivity index (χ3v) is 10.3. The Labute approximate surface area is 211 Å². The summed E-state index contributed by atoms with van der Waals surface area (Å²) in [5.41, 5.74) is 4.48. The van der Waals surface area contributed by atoms with Gasteiger partial charge in [0.05, 0.1) is 53.8 Å². The van der Waals surface area contributed by atoms with Gasteiger partial charge in [-0.2, -0.15) is 15.3 Å². The number of nitrogens with zero attached hydrogens (tertiary/aromatic N) is 10. The van der Waals surface area contributed by atoms with Crippen LogP contribution in [0.3, 0.4) is 0 Å². The third kappa shape index (κ3) is 4.10. The van der Waals surface area contributed by atoms with Crippen molar-refractivity contribution in [2.24, 2.45) is 0 Å². The quantitative estimate of drug-likeness (QED) is 0.313. The minimum absolute atomic E-state index is 0.165. The predicted molar refractivity (Wildman–Crippen MR) is 141 cm³/mol. The SMILES string of the molecule is CCC(CC)n1cc(-c2nc(-c3cnn(C4CN(P(=O)(N(C)C)N(C)C)C4)c3)cn3nccc23)cn1. The molecule has 0 bridgehead atoms. The van der Waals surface area contributed by atoms with E-state index in [1.807, 2.05) is 86.9 Å². The summed E-state index contributed by atoms with van der Waals surface area (Å²) >= 11 is 0. The van der Waals surface area contributed by atoms with Gasteiger partial charge in [0.25, 0.3) is 7.59 Å². The van der Waals surface area contributed by atoms with Crippen LogP contribution in [0, 0.1) is 0 Å². The summed E-state index contributed by atoms with van der Waals surface area (Å²) in [6.07, 6.45) is 13.6. The van der Waals surface area contributed by atoms with Crippen LogP contribution in [0.15, 0.2) is 43.2 Å². The average Bonchev–Trinajstić information content (AvgIpc) is 3.58. The molecule has 36 heavy (non-hydrogen) atoms. The fraction of sp³-hybridized carbons (Fsp3) is 0.500. The van der Waals surface area contributed by atoms with Crippen LogP contribution in [0.5, 0.6) is 0 Å². The van der Waals surface area contributed by atoms with Crippen LogP contribution in [0.1, 0.15) is 38.8 Å². The fourth-order valence-electron chi connectivity index (χ4n) is 4.95. The van der Waals surface area contributed by atoms with Gasteiger partial charge in [0.1, 0.15) is 0 Å². The highest BCUT2D eigenvalue weighted by Crippen LogP contribution is 2.56. The maximum Gasteiger partial charge on any atom is 0.285 e. The lowest BCUT2D eigenvalue weighted by Gasteiger charge is -2.47. The number of hydrogen-bond donors (Lipinski definition) is 0. The molecule has 0 atom stereocenters. The number of aromatic nitrogens is 7. The van der Waals surface area contributed by atoms with Crippen LogP contribution >= 0.6 is 7.59 Å². The lowest BCUT2D eigenvalue weighted by atomic mass is 10.1. The highest BCUT2D eigenvalue weighted by molar-refractivity contribution is 7.56. The van der Waals surface area contributed by atoms with E-state index in [-0.39, 0.29) is 6.04 Å². The standard InChI is InChI=1S/C24H35N10OP/c1-7-20(8-2)32-14-19(12-27-32)24-23-9-10-25-34(23)17-22(28-24)18-11-26-33(13-18)21-15-31(16-21)36(35,29(3)4)30(5)6/h9-14,17,20-21H,7-8,15-16H2,1-6H3. The van der Waals surface area contributed by atoms with Gasteiger partial charge in [-0.3, -0.25) is 13.9 Å². The lowest BCUT2D eigenvalue weighted by molar-refractivity contribution is 0.166. The summed E-state index contributed by atoms with van der Waals surface area (Å²) in [6, 6.07) is 2.51. The molecule has 0 radical (unpaired) electrons. The molecular weight excluding hydrogens is 475 g/mol. The second kappa shape index (κ2) is 9.55. The van der Waals surface area contributed by atoms with E-state index >= 15 is 0 Å². The second-order valence-electron chi connectivity index (χ2n) is 9.76. The van der Waals surface area contributed by atoms with Gasteiger partial charge in [0.2, 0.25) is 0 Å². The topological polar surface area (TPSA) is 92.6 Å². The van der Waals surface area contributed by atoms with Crippen molar-refractivity contribution in [3.8, 4) is 22.5 Å². The molecule has 0 aliphatic carbocycles. The summed E-state index contributed by atoms with van der Waals surface area (Å²) < 4.78 is 25.0. The van der Waals surface area contributed by atoms with E-state index in [1.165, 1.54) is 0 Å². The number of fused-ring (bicyclic) bond motifs is 1. The number of hydrogen-bond acceptors (Lipinski definition) is 5. The lowest BCUT2D eigenvalue weighted by Crippen LogP contribution is -2.50. The molecule has 0 amide bonds. The third-order valence-electron chi connectivity index (χ3n) is 7.11. The average molecular weight is 511 g/mol. The van der Waals surface area contributed by atoms with Gasteiger partial charge in [0.15, 0.2) is 0 Å². The highest BCUT2D eigenvalue weighted by atomic mass is 31.2. The molecule has 1 aliphatic rings. The zero-order chi connectivity index (χ0) is 25.6. The molecule has 5 rings (SSSR count). The van der Waals surface area contributed by atoms with Crippen molar-refractivity contribution in [3.63, 3.8) is 0 Å². The number of rotatable bonds is 9. The van der Waals surface area contributed by atoms with Crippen molar-refractivity contribution in [1.82, 2.24) is 48.2 Å². The molecule has 0 spiro atoms. The second-order valence-corrected chi connectivity index (χ2v) is 12.9. The van der Waals surface area contributed by atoms with Crippen LogP contribution in [-0.2, 0) is 4.57 Å². The van der Waals surface area contributed by atoms with E-state index in [2.05, 4.69) is 35.3 Å². The molecule has 0 aromatic carbocycles. The molecule has 12 heteroatoms. The predicted octanol–water partition coefficient (Wildman–Crippen LogP) is 3.91. The van der Waals surface area contributed by atoms with Gasteiger partial charge in [-0.25, -0.2) is 23.5 Å². The molecule has 4 aromatic heterocycles. The van der Waals surface area contributed by atoms with Crippen molar-refractivity contribution >= 4 is 13.1 Å². The Kier molecular flexibility index (Phi) is 6.59. The van der Waals surface area contributed by atoms with Gasteiger partial charge in [-0.1, -0.05) is 13.8 Å². The Morgan fingerprint density at radius 1 is 0.972 bits per heavy atom. The molecule has 11 nitrogen and oxygen atoms in total. The van der Waals surface area contributed by atoms with Crippen molar-refractivity contribution in [3.05, 3.63) is 43.2 Å². The van der Waals surface area contributed by atoms with Crippen molar-refractivity contribution in [2.75, 3.05) is 41.3 Å². The van der Waals surface area contributed by atoms with Crippen LogP contribution in [-0.4, -0.2) is 89.5 Å². The first-order valence-electron chi connectivity index (χ1n) is 12.4. The molecule has 1 aliphatic heterocycles. The highest BCUT2D eigenvalue weighted by Gasteiger charge is 2.44. The van der Waals surface area contributed by atoms with Crippen LogP contribution in [0.25, 0.3) is 28.0 Å². The van der Waals surface area contributed by atoms with E-state index in [0.29, 0.717) is 19.1 Å². The molecule has 1 saturated heterocycles. The molecule has 192 valence electrons.